The molecule has 0 heterocycles. The summed E-state index contributed by atoms with van der Waals surface area (Å²) in [6.07, 6.45) is 1.61. The molecule has 0 amide bonds. The molecule has 0 aliphatic carbocycles. The third-order valence-electron chi connectivity index (χ3n) is 4.48. The maximum absolute atomic E-state index is 11.9. The van der Waals surface area contributed by atoms with Crippen molar-refractivity contribution in [1.82, 2.24) is 0 Å². The molecule has 0 aliphatic rings. The van der Waals surface area contributed by atoms with Crippen molar-refractivity contribution < 1.29 is 9.53 Å². The van der Waals surface area contributed by atoms with Crippen LogP contribution in [-0.4, -0.2) is 12.6 Å². The first-order valence-corrected chi connectivity index (χ1v) is 8.18. The molecule has 0 saturated heterocycles. The largest absolute Gasteiger partial charge is 0.462 e. The second-order valence-corrected chi connectivity index (χ2v) is 5.90. The van der Waals surface area contributed by atoms with E-state index in [2.05, 4.69) is 42.5 Å². The van der Waals surface area contributed by atoms with Crippen molar-refractivity contribution in [2.24, 2.45) is 0 Å². The third kappa shape index (κ3) is 2.40. The van der Waals surface area contributed by atoms with E-state index in [0.717, 1.165) is 21.7 Å². The van der Waals surface area contributed by atoms with Crippen molar-refractivity contribution in [2.75, 3.05) is 6.61 Å². The number of hydrogen-bond donors (Lipinski definition) is 0. The molecule has 3 nitrogen and oxygen atoms in total. The fourth-order valence-electron chi connectivity index (χ4n) is 3.38. The standard InChI is InChI=1S/C22H15NO2/c1-2-25-22(24)18(13-23)12-17-9-8-16-7-6-14-4-3-5-15-10-11-19(17)21(16)20(14)15/h3-12H,2H2,1H3/b18-12+. The predicted molar refractivity (Wildman–Crippen MR) is 100 cm³/mol. The first-order valence-electron chi connectivity index (χ1n) is 8.18. The zero-order valence-electron chi connectivity index (χ0n) is 13.7. The molecule has 0 saturated carbocycles. The van der Waals surface area contributed by atoms with E-state index in [-0.39, 0.29) is 12.2 Å². The van der Waals surface area contributed by atoms with Crippen molar-refractivity contribution in [1.29, 1.82) is 5.26 Å². The zero-order chi connectivity index (χ0) is 17.4. The lowest BCUT2D eigenvalue weighted by molar-refractivity contribution is -0.137. The van der Waals surface area contributed by atoms with Gasteiger partial charge in [0.1, 0.15) is 11.6 Å². The molecule has 0 N–H and O–H groups in total. The molecule has 4 aromatic carbocycles. The van der Waals surface area contributed by atoms with Crippen molar-refractivity contribution in [3.8, 4) is 6.07 Å². The Morgan fingerprint density at radius 2 is 1.64 bits per heavy atom. The number of ether oxygens (including phenoxy) is 1. The molecule has 4 rings (SSSR count). The molecule has 0 atom stereocenters. The highest BCUT2D eigenvalue weighted by atomic mass is 16.5. The Kier molecular flexibility index (Phi) is 3.59. The second kappa shape index (κ2) is 5.92. The number of nitriles is 1. The molecule has 3 heteroatoms. The number of hydrogen-bond acceptors (Lipinski definition) is 3. The van der Waals surface area contributed by atoms with E-state index < -0.39 is 5.97 Å². The molecule has 25 heavy (non-hydrogen) atoms. The summed E-state index contributed by atoms with van der Waals surface area (Å²) in [5.41, 5.74) is 0.854. The SMILES string of the molecule is CCOC(=O)/C(C#N)=C/c1ccc2ccc3cccc4ccc1c2c34. The predicted octanol–water partition coefficient (Wildman–Crippen LogP) is 5.05. The second-order valence-electron chi connectivity index (χ2n) is 5.90. The summed E-state index contributed by atoms with van der Waals surface area (Å²) in [6.45, 7) is 1.97. The lowest BCUT2D eigenvalue weighted by Gasteiger charge is -2.12. The van der Waals surface area contributed by atoms with E-state index in [1.807, 2.05) is 18.2 Å². The monoisotopic (exact) mass is 325 g/mol. The Hall–Kier alpha value is -3.38. The Morgan fingerprint density at radius 3 is 2.32 bits per heavy atom. The number of carbonyl (C=O) groups excluding carboxylic acids is 1. The van der Waals surface area contributed by atoms with Gasteiger partial charge in [-0.05, 0) is 50.9 Å². The maximum atomic E-state index is 11.9. The van der Waals surface area contributed by atoms with Gasteiger partial charge in [-0.2, -0.15) is 5.26 Å². The minimum atomic E-state index is -0.587. The number of nitrogens with zero attached hydrogens (tertiary/aromatic N) is 1. The Balaban J connectivity index is 2.03. The Morgan fingerprint density at radius 1 is 1.00 bits per heavy atom. The summed E-state index contributed by atoms with van der Waals surface area (Å²) in [7, 11) is 0. The van der Waals surface area contributed by atoms with Crippen molar-refractivity contribution in [3.63, 3.8) is 0 Å². The van der Waals surface area contributed by atoms with Crippen LogP contribution in [0.4, 0.5) is 0 Å². The van der Waals surface area contributed by atoms with E-state index in [0.29, 0.717) is 0 Å². The van der Waals surface area contributed by atoms with E-state index in [1.165, 1.54) is 16.2 Å². The number of benzene rings is 4. The van der Waals surface area contributed by atoms with E-state index in [1.54, 1.807) is 13.0 Å². The summed E-state index contributed by atoms with van der Waals surface area (Å²) < 4.78 is 4.96. The van der Waals surface area contributed by atoms with Crippen LogP contribution in [0.25, 0.3) is 38.4 Å². The van der Waals surface area contributed by atoms with Gasteiger partial charge in [-0.1, -0.05) is 54.6 Å². The summed E-state index contributed by atoms with van der Waals surface area (Å²) in [6, 6.07) is 20.5. The molecule has 0 unspecified atom stereocenters. The number of rotatable bonds is 3. The minimum Gasteiger partial charge on any atom is -0.462 e. The lowest BCUT2D eigenvalue weighted by Crippen LogP contribution is -2.06. The smallest absolute Gasteiger partial charge is 0.348 e. The zero-order valence-corrected chi connectivity index (χ0v) is 13.7. The molecule has 0 radical (unpaired) electrons. The molecule has 4 aromatic rings. The average Bonchev–Trinajstić information content (AvgIpc) is 2.65. The average molecular weight is 325 g/mol. The molecule has 120 valence electrons. The van der Waals surface area contributed by atoms with Crippen molar-refractivity contribution in [2.45, 2.75) is 6.92 Å². The van der Waals surface area contributed by atoms with Crippen LogP contribution in [0.3, 0.4) is 0 Å². The molecule has 0 fully saturated rings. The van der Waals surface area contributed by atoms with Gasteiger partial charge in [0.15, 0.2) is 0 Å². The summed E-state index contributed by atoms with van der Waals surface area (Å²) >= 11 is 0. The molecule has 0 bridgehead atoms. The van der Waals surface area contributed by atoms with Gasteiger partial charge in [-0.3, -0.25) is 0 Å². The molecular weight excluding hydrogens is 310 g/mol. The van der Waals surface area contributed by atoms with Crippen LogP contribution in [0.5, 0.6) is 0 Å². The van der Waals surface area contributed by atoms with Gasteiger partial charge in [-0.25, -0.2) is 4.79 Å². The summed E-state index contributed by atoms with van der Waals surface area (Å²) in [4.78, 5) is 11.9. The van der Waals surface area contributed by atoms with Gasteiger partial charge in [0.2, 0.25) is 0 Å². The van der Waals surface area contributed by atoms with Gasteiger partial charge < -0.3 is 4.74 Å². The highest BCUT2D eigenvalue weighted by Gasteiger charge is 2.13. The fourth-order valence-corrected chi connectivity index (χ4v) is 3.38. The maximum Gasteiger partial charge on any atom is 0.348 e. The van der Waals surface area contributed by atoms with Crippen LogP contribution in [-0.2, 0) is 9.53 Å². The fraction of sp³-hybridized carbons (Fsp3) is 0.0909. The van der Waals surface area contributed by atoms with Gasteiger partial charge in [0, 0.05) is 0 Å². The van der Waals surface area contributed by atoms with Crippen LogP contribution in [0, 0.1) is 11.3 Å². The number of carbonyl (C=O) groups is 1. The molecular formula is C22H15NO2. The van der Waals surface area contributed by atoms with E-state index >= 15 is 0 Å². The van der Waals surface area contributed by atoms with Crippen LogP contribution in [0.1, 0.15) is 12.5 Å². The van der Waals surface area contributed by atoms with Crippen LogP contribution >= 0.6 is 0 Å². The Labute approximate surface area is 145 Å². The molecule has 0 aliphatic heterocycles. The van der Waals surface area contributed by atoms with Crippen molar-refractivity contribution in [3.05, 3.63) is 65.7 Å². The third-order valence-corrected chi connectivity index (χ3v) is 4.48. The first kappa shape index (κ1) is 15.2. The highest BCUT2D eigenvalue weighted by molar-refractivity contribution is 6.24. The van der Waals surface area contributed by atoms with Gasteiger partial charge in [-0.15, -0.1) is 0 Å². The normalized spacial score (nSPS) is 11.9. The lowest BCUT2D eigenvalue weighted by atomic mass is 9.91. The Bertz CT molecular complexity index is 1170. The first-order chi connectivity index (χ1) is 12.2. The van der Waals surface area contributed by atoms with Crippen LogP contribution in [0.15, 0.2) is 60.2 Å². The van der Waals surface area contributed by atoms with E-state index in [9.17, 15) is 10.1 Å². The van der Waals surface area contributed by atoms with Crippen molar-refractivity contribution >= 4 is 44.4 Å². The van der Waals surface area contributed by atoms with Crippen LogP contribution < -0.4 is 0 Å². The summed E-state index contributed by atoms with van der Waals surface area (Å²) in [5, 5.41) is 16.2. The van der Waals surface area contributed by atoms with Gasteiger partial charge in [0.05, 0.1) is 6.61 Å². The molecule has 0 spiro atoms. The quantitative estimate of drug-likeness (QED) is 0.229. The molecule has 0 aromatic heterocycles. The highest BCUT2D eigenvalue weighted by Crippen LogP contribution is 2.36. The topological polar surface area (TPSA) is 50.1 Å². The van der Waals surface area contributed by atoms with Gasteiger partial charge >= 0.3 is 5.97 Å². The van der Waals surface area contributed by atoms with Gasteiger partial charge in [0.25, 0.3) is 0 Å². The number of esters is 1. The van der Waals surface area contributed by atoms with Crippen LogP contribution in [0.2, 0.25) is 0 Å². The van der Waals surface area contributed by atoms with E-state index in [4.69, 9.17) is 4.74 Å². The minimum absolute atomic E-state index is 0.0110. The summed E-state index contributed by atoms with van der Waals surface area (Å²) in [5.74, 6) is -0.587.